The normalized spacial score (nSPS) is 10.8. The Balaban J connectivity index is 1.68. The highest BCUT2D eigenvalue weighted by molar-refractivity contribution is 6.33. The molecule has 23 heavy (non-hydrogen) atoms. The first-order valence-corrected chi connectivity index (χ1v) is 7.31. The second-order valence-corrected chi connectivity index (χ2v) is 5.35. The minimum absolute atomic E-state index is 0.568. The molecule has 4 aromatic rings. The predicted octanol–water partition coefficient (Wildman–Crippen LogP) is 3.37. The van der Waals surface area contributed by atoms with Crippen LogP contribution >= 0.6 is 11.6 Å². The number of tetrazole rings is 1. The number of imidazole rings is 1. The molecule has 7 heteroatoms. The van der Waals surface area contributed by atoms with Gasteiger partial charge in [0.1, 0.15) is 0 Å². The van der Waals surface area contributed by atoms with Crippen LogP contribution in [0.15, 0.2) is 61.2 Å². The number of benzene rings is 2. The summed E-state index contributed by atoms with van der Waals surface area (Å²) in [5.74, 6) is 0.568. The van der Waals surface area contributed by atoms with Gasteiger partial charge in [-0.1, -0.05) is 41.9 Å². The number of nitrogens with one attached hydrogen (secondary N) is 1. The van der Waals surface area contributed by atoms with Crippen molar-refractivity contribution < 1.29 is 0 Å². The Kier molecular flexibility index (Phi) is 3.36. The molecule has 112 valence electrons. The van der Waals surface area contributed by atoms with Gasteiger partial charge >= 0.3 is 0 Å². The molecule has 4 rings (SSSR count). The molecule has 0 aliphatic rings. The molecule has 6 nitrogen and oxygen atoms in total. The van der Waals surface area contributed by atoms with E-state index in [0.29, 0.717) is 10.8 Å². The van der Waals surface area contributed by atoms with Crippen LogP contribution in [-0.4, -0.2) is 30.2 Å². The first-order valence-electron chi connectivity index (χ1n) is 6.93. The molecule has 0 atom stereocenters. The first-order chi connectivity index (χ1) is 11.3. The Bertz CT molecular complexity index is 914. The lowest BCUT2D eigenvalue weighted by molar-refractivity contribution is 0.881. The number of H-pyrrole nitrogens is 1. The van der Waals surface area contributed by atoms with Crippen LogP contribution in [0, 0.1) is 0 Å². The summed E-state index contributed by atoms with van der Waals surface area (Å²) in [6.07, 6.45) is 5.36. The van der Waals surface area contributed by atoms with Gasteiger partial charge in [-0.25, -0.2) is 4.98 Å². The second-order valence-electron chi connectivity index (χ2n) is 4.95. The molecule has 0 saturated carbocycles. The van der Waals surface area contributed by atoms with Crippen molar-refractivity contribution in [2.45, 2.75) is 0 Å². The zero-order valence-corrected chi connectivity index (χ0v) is 12.6. The average molecular weight is 323 g/mol. The van der Waals surface area contributed by atoms with E-state index in [1.54, 1.807) is 12.5 Å². The Hall–Kier alpha value is -2.99. The molecule has 0 fully saturated rings. The van der Waals surface area contributed by atoms with E-state index in [1.807, 2.05) is 53.2 Å². The Morgan fingerprint density at radius 3 is 2.48 bits per heavy atom. The summed E-state index contributed by atoms with van der Waals surface area (Å²) < 4.78 is 1.91. The van der Waals surface area contributed by atoms with Crippen LogP contribution in [0.3, 0.4) is 0 Å². The maximum absolute atomic E-state index is 6.45. The van der Waals surface area contributed by atoms with Crippen molar-refractivity contribution in [3.8, 4) is 28.2 Å². The number of nitrogens with zero attached hydrogens (tertiary/aromatic N) is 5. The maximum atomic E-state index is 6.45. The molecule has 0 bridgehead atoms. The van der Waals surface area contributed by atoms with Crippen LogP contribution in [0.1, 0.15) is 0 Å². The Labute approximate surface area is 136 Å². The first kappa shape index (κ1) is 13.7. The van der Waals surface area contributed by atoms with Gasteiger partial charge in [-0.05, 0) is 22.9 Å². The van der Waals surface area contributed by atoms with Gasteiger partial charge < -0.3 is 4.57 Å². The van der Waals surface area contributed by atoms with Gasteiger partial charge in [-0.2, -0.15) is 5.21 Å². The van der Waals surface area contributed by atoms with Crippen molar-refractivity contribution in [1.82, 2.24) is 30.2 Å². The van der Waals surface area contributed by atoms with E-state index in [9.17, 15) is 0 Å². The molecule has 1 N–H and O–H groups in total. The SMILES string of the molecule is Clc1cc(-n2ccnc2)ccc1-c1ccc(-c2nn[nH]n2)cc1. The van der Waals surface area contributed by atoms with Crippen molar-refractivity contribution in [1.29, 1.82) is 0 Å². The molecule has 0 aliphatic heterocycles. The second kappa shape index (κ2) is 5.66. The third-order valence-electron chi connectivity index (χ3n) is 3.55. The molecule has 0 saturated heterocycles. The highest BCUT2D eigenvalue weighted by atomic mass is 35.5. The van der Waals surface area contributed by atoms with Crippen LogP contribution in [0.5, 0.6) is 0 Å². The van der Waals surface area contributed by atoms with Crippen molar-refractivity contribution in [3.05, 3.63) is 66.2 Å². The highest BCUT2D eigenvalue weighted by Crippen LogP contribution is 2.30. The summed E-state index contributed by atoms with van der Waals surface area (Å²) >= 11 is 6.45. The minimum atomic E-state index is 0.568. The number of hydrogen-bond donors (Lipinski definition) is 1. The van der Waals surface area contributed by atoms with E-state index in [1.165, 1.54) is 0 Å². The average Bonchev–Trinajstić information content (AvgIpc) is 3.29. The lowest BCUT2D eigenvalue weighted by Crippen LogP contribution is -1.90. The van der Waals surface area contributed by atoms with Crippen molar-refractivity contribution >= 4 is 11.6 Å². The molecule has 0 radical (unpaired) electrons. The number of aromatic amines is 1. The monoisotopic (exact) mass is 322 g/mol. The summed E-state index contributed by atoms with van der Waals surface area (Å²) in [6, 6.07) is 13.8. The minimum Gasteiger partial charge on any atom is -0.306 e. The van der Waals surface area contributed by atoms with E-state index >= 15 is 0 Å². The summed E-state index contributed by atoms with van der Waals surface area (Å²) in [6.45, 7) is 0. The molecule has 0 aliphatic carbocycles. The largest absolute Gasteiger partial charge is 0.306 e. The van der Waals surface area contributed by atoms with Crippen LogP contribution in [0.25, 0.3) is 28.2 Å². The fourth-order valence-electron chi connectivity index (χ4n) is 2.39. The fourth-order valence-corrected chi connectivity index (χ4v) is 2.68. The molecular formula is C16H11ClN6. The van der Waals surface area contributed by atoms with E-state index in [-0.39, 0.29) is 0 Å². The summed E-state index contributed by atoms with van der Waals surface area (Å²) in [5, 5.41) is 14.6. The Morgan fingerprint density at radius 2 is 1.83 bits per heavy atom. The fraction of sp³-hybridized carbons (Fsp3) is 0. The lowest BCUT2D eigenvalue weighted by atomic mass is 10.0. The topological polar surface area (TPSA) is 72.3 Å². The van der Waals surface area contributed by atoms with Crippen LogP contribution < -0.4 is 0 Å². The van der Waals surface area contributed by atoms with Gasteiger partial charge in [0.15, 0.2) is 0 Å². The molecule has 2 heterocycles. The predicted molar refractivity (Wildman–Crippen MR) is 87.2 cm³/mol. The molecule has 0 spiro atoms. The molecule has 2 aromatic carbocycles. The van der Waals surface area contributed by atoms with Gasteiger partial charge in [-0.15, -0.1) is 10.2 Å². The highest BCUT2D eigenvalue weighted by Gasteiger charge is 2.07. The van der Waals surface area contributed by atoms with Crippen LogP contribution in [0.2, 0.25) is 5.02 Å². The standard InChI is InChI=1S/C16H11ClN6/c17-15-9-13(23-8-7-18-10-23)5-6-14(15)11-1-3-12(4-2-11)16-19-21-22-20-16/h1-10H,(H,19,20,21,22). The molecule has 0 unspecified atom stereocenters. The summed E-state index contributed by atoms with van der Waals surface area (Å²) in [7, 11) is 0. The summed E-state index contributed by atoms with van der Waals surface area (Å²) in [5.41, 5.74) is 3.86. The van der Waals surface area contributed by atoms with Crippen LogP contribution in [-0.2, 0) is 0 Å². The van der Waals surface area contributed by atoms with Gasteiger partial charge in [0.2, 0.25) is 5.82 Å². The van der Waals surface area contributed by atoms with E-state index in [2.05, 4.69) is 25.6 Å². The van der Waals surface area contributed by atoms with E-state index < -0.39 is 0 Å². The quantitative estimate of drug-likeness (QED) is 0.627. The van der Waals surface area contributed by atoms with Gasteiger partial charge in [0.05, 0.1) is 11.3 Å². The summed E-state index contributed by atoms with van der Waals surface area (Å²) in [4.78, 5) is 4.04. The zero-order chi connectivity index (χ0) is 15.6. The van der Waals surface area contributed by atoms with Crippen molar-refractivity contribution in [2.24, 2.45) is 0 Å². The number of rotatable bonds is 3. The van der Waals surface area contributed by atoms with E-state index in [4.69, 9.17) is 11.6 Å². The lowest BCUT2D eigenvalue weighted by Gasteiger charge is -2.08. The maximum Gasteiger partial charge on any atom is 0.204 e. The Morgan fingerprint density at radius 1 is 1.00 bits per heavy atom. The van der Waals surface area contributed by atoms with E-state index in [0.717, 1.165) is 22.4 Å². The third kappa shape index (κ3) is 2.60. The van der Waals surface area contributed by atoms with Gasteiger partial charge in [-0.3, -0.25) is 0 Å². The number of aromatic nitrogens is 6. The molecular weight excluding hydrogens is 312 g/mol. The third-order valence-corrected chi connectivity index (χ3v) is 3.87. The smallest absolute Gasteiger partial charge is 0.204 e. The molecule has 2 aromatic heterocycles. The van der Waals surface area contributed by atoms with Crippen molar-refractivity contribution in [3.63, 3.8) is 0 Å². The van der Waals surface area contributed by atoms with Crippen LogP contribution in [0.4, 0.5) is 0 Å². The van der Waals surface area contributed by atoms with Gasteiger partial charge in [0, 0.05) is 29.2 Å². The van der Waals surface area contributed by atoms with Gasteiger partial charge in [0.25, 0.3) is 0 Å². The number of hydrogen-bond acceptors (Lipinski definition) is 4. The zero-order valence-electron chi connectivity index (χ0n) is 11.9. The van der Waals surface area contributed by atoms with Crippen molar-refractivity contribution in [2.75, 3.05) is 0 Å². The molecule has 0 amide bonds. The number of halogens is 1.